The predicted octanol–water partition coefficient (Wildman–Crippen LogP) is 2.01. The van der Waals surface area contributed by atoms with Gasteiger partial charge in [-0.3, -0.25) is 14.4 Å². The van der Waals surface area contributed by atoms with Crippen LogP contribution in [-0.2, 0) is 14.4 Å². The van der Waals surface area contributed by atoms with E-state index in [2.05, 4.69) is 0 Å². The summed E-state index contributed by atoms with van der Waals surface area (Å²) in [6.45, 7) is 5.05. The quantitative estimate of drug-likeness (QED) is 0.774. The minimum Gasteiger partial charge on any atom is -0.388 e. The highest BCUT2D eigenvalue weighted by Crippen LogP contribution is 2.67. The van der Waals surface area contributed by atoms with Gasteiger partial charge in [0.2, 0.25) is 0 Å². The molecule has 0 unspecified atom stereocenters. The molecule has 7 atom stereocenters. The molecule has 0 heterocycles. The third-order valence-corrected chi connectivity index (χ3v) is 8.41. The van der Waals surface area contributed by atoms with Crippen molar-refractivity contribution in [2.75, 3.05) is 6.61 Å². The molecule has 4 aliphatic carbocycles. The Hall–Kier alpha value is -1.59. The van der Waals surface area contributed by atoms with E-state index in [4.69, 9.17) is 0 Å². The number of hydrogen-bond donors (Lipinski definition) is 2. The smallest absolute Gasteiger partial charge is 0.190 e. The molecule has 0 aliphatic heterocycles. The van der Waals surface area contributed by atoms with Crippen molar-refractivity contribution < 1.29 is 24.6 Å². The van der Waals surface area contributed by atoms with Gasteiger partial charge in [-0.05, 0) is 49.2 Å². The van der Waals surface area contributed by atoms with Gasteiger partial charge in [-0.2, -0.15) is 0 Å². The first-order valence-electron chi connectivity index (χ1n) is 9.93. The molecule has 5 heteroatoms. The Kier molecular flexibility index (Phi) is 3.97. The lowest BCUT2D eigenvalue weighted by Gasteiger charge is -2.56. The number of Topliss-reactive ketones (excluding diaryl/α,β-unsaturated/α-hetero) is 2. The molecule has 0 bridgehead atoms. The van der Waals surface area contributed by atoms with Gasteiger partial charge in [-0.15, -0.1) is 0 Å². The topological polar surface area (TPSA) is 91.7 Å². The first-order chi connectivity index (χ1) is 12.6. The van der Waals surface area contributed by atoms with Crippen molar-refractivity contribution in [3.05, 3.63) is 23.8 Å². The summed E-state index contributed by atoms with van der Waals surface area (Å²) in [7, 11) is 0. The Morgan fingerprint density at radius 1 is 1.30 bits per heavy atom. The lowest BCUT2D eigenvalue weighted by atomic mass is 9.46. The average molecular weight is 372 g/mol. The van der Waals surface area contributed by atoms with E-state index in [9.17, 15) is 24.6 Å². The second-order valence-electron chi connectivity index (χ2n) is 9.52. The highest BCUT2D eigenvalue weighted by atomic mass is 16.3. The van der Waals surface area contributed by atoms with Crippen molar-refractivity contribution in [2.45, 2.75) is 52.1 Å². The Morgan fingerprint density at radius 3 is 2.67 bits per heavy atom. The first-order valence-corrected chi connectivity index (χ1v) is 9.93. The minimum absolute atomic E-state index is 0.0218. The Morgan fingerprint density at radius 2 is 2.00 bits per heavy atom. The zero-order chi connectivity index (χ0) is 19.8. The summed E-state index contributed by atoms with van der Waals surface area (Å²) in [4.78, 5) is 37.8. The van der Waals surface area contributed by atoms with Gasteiger partial charge in [-0.25, -0.2) is 0 Å². The van der Waals surface area contributed by atoms with Crippen molar-refractivity contribution in [1.29, 1.82) is 0 Å². The number of fused-ring (bicyclic) bond motifs is 5. The summed E-state index contributed by atoms with van der Waals surface area (Å²) in [5.74, 6) is -0.947. The zero-order valence-electron chi connectivity index (χ0n) is 16.2. The standard InChI is InChI=1S/C22H28O5/c1-12-8-16-15-5-4-13-9-14(24)6-7-20(13,2)19(15)17(25)10-21(16,3)22(12,27)18(26)11-23/h6-7,9,12,15-16,19,23,27H,4-5,8,10-11H2,1-3H3/t12-,15-,16+,19-,20-,21-,22+/m0/s1. The van der Waals surface area contributed by atoms with Gasteiger partial charge < -0.3 is 10.2 Å². The lowest BCUT2D eigenvalue weighted by molar-refractivity contribution is -0.173. The summed E-state index contributed by atoms with van der Waals surface area (Å²) in [5.41, 5.74) is -1.94. The fourth-order valence-corrected chi connectivity index (χ4v) is 7.08. The Balaban J connectivity index is 1.79. The van der Waals surface area contributed by atoms with Crippen LogP contribution in [0, 0.1) is 34.5 Å². The molecule has 0 radical (unpaired) electrons. The molecular weight excluding hydrogens is 344 g/mol. The van der Waals surface area contributed by atoms with E-state index in [1.807, 2.05) is 26.8 Å². The monoisotopic (exact) mass is 372 g/mol. The Labute approximate surface area is 159 Å². The highest BCUT2D eigenvalue weighted by molar-refractivity contribution is 6.02. The van der Waals surface area contributed by atoms with Crippen LogP contribution >= 0.6 is 0 Å². The van der Waals surface area contributed by atoms with Gasteiger partial charge in [0.25, 0.3) is 0 Å². The predicted molar refractivity (Wildman–Crippen MR) is 98.6 cm³/mol. The molecule has 4 rings (SSSR count). The summed E-state index contributed by atoms with van der Waals surface area (Å²) >= 11 is 0. The van der Waals surface area contributed by atoms with Gasteiger partial charge in [-0.1, -0.05) is 32.4 Å². The van der Waals surface area contributed by atoms with E-state index in [1.54, 1.807) is 12.2 Å². The van der Waals surface area contributed by atoms with Crippen LogP contribution in [0.1, 0.15) is 46.5 Å². The van der Waals surface area contributed by atoms with Gasteiger partial charge in [0.05, 0.1) is 0 Å². The SMILES string of the molecule is C[C@H]1C[C@@H]2[C@@H]3CCC4=CC(=O)C=C[C@]4(C)[C@@H]3C(=O)C[C@]2(C)[C@]1(O)C(=O)CO. The molecule has 0 aromatic rings. The maximum atomic E-state index is 13.4. The van der Waals surface area contributed by atoms with Crippen LogP contribution in [0.15, 0.2) is 23.8 Å². The summed E-state index contributed by atoms with van der Waals surface area (Å²) < 4.78 is 0. The van der Waals surface area contributed by atoms with Crippen LogP contribution in [0.4, 0.5) is 0 Å². The largest absolute Gasteiger partial charge is 0.388 e. The molecule has 0 aromatic heterocycles. The fraction of sp³-hybridized carbons (Fsp3) is 0.682. The van der Waals surface area contributed by atoms with Crippen LogP contribution < -0.4 is 0 Å². The van der Waals surface area contributed by atoms with E-state index in [1.165, 1.54) is 0 Å². The summed E-state index contributed by atoms with van der Waals surface area (Å²) in [5, 5.41) is 20.8. The van der Waals surface area contributed by atoms with Crippen molar-refractivity contribution >= 4 is 17.3 Å². The molecule has 5 nitrogen and oxygen atoms in total. The summed E-state index contributed by atoms with van der Waals surface area (Å²) in [6, 6.07) is 0. The zero-order valence-corrected chi connectivity index (χ0v) is 16.2. The number of hydrogen-bond acceptors (Lipinski definition) is 5. The van der Waals surface area contributed by atoms with Crippen LogP contribution in [0.2, 0.25) is 0 Å². The van der Waals surface area contributed by atoms with Crippen LogP contribution in [-0.4, -0.2) is 39.8 Å². The number of aliphatic hydroxyl groups excluding tert-OH is 1. The van der Waals surface area contributed by atoms with Gasteiger partial charge >= 0.3 is 0 Å². The maximum absolute atomic E-state index is 13.4. The number of aliphatic hydroxyl groups is 2. The fourth-order valence-electron chi connectivity index (χ4n) is 7.08. The molecule has 0 saturated heterocycles. The van der Waals surface area contributed by atoms with Crippen molar-refractivity contribution in [1.82, 2.24) is 0 Å². The molecule has 3 fully saturated rings. The molecule has 3 saturated carbocycles. The molecule has 27 heavy (non-hydrogen) atoms. The average Bonchev–Trinajstić information content (AvgIpc) is 2.82. The highest BCUT2D eigenvalue weighted by Gasteiger charge is 2.70. The normalized spacial score (nSPS) is 48.6. The number of allylic oxidation sites excluding steroid dienone is 4. The second kappa shape index (κ2) is 5.71. The maximum Gasteiger partial charge on any atom is 0.190 e. The first kappa shape index (κ1) is 18.8. The van der Waals surface area contributed by atoms with Crippen LogP contribution in [0.3, 0.4) is 0 Å². The third kappa shape index (κ3) is 2.16. The molecular formula is C22H28O5. The van der Waals surface area contributed by atoms with Gasteiger partial charge in [0, 0.05) is 23.2 Å². The number of ketones is 3. The Bertz CT molecular complexity index is 795. The van der Waals surface area contributed by atoms with E-state index in [-0.39, 0.29) is 41.7 Å². The number of carbonyl (C=O) groups is 3. The molecule has 2 N–H and O–H groups in total. The molecule has 0 amide bonds. The van der Waals surface area contributed by atoms with E-state index >= 15 is 0 Å². The molecule has 0 spiro atoms. The van der Waals surface area contributed by atoms with E-state index < -0.39 is 28.8 Å². The lowest BCUT2D eigenvalue weighted by Crippen LogP contribution is -2.61. The number of carbonyl (C=O) groups excluding carboxylic acids is 3. The summed E-state index contributed by atoms with van der Waals surface area (Å²) in [6.07, 6.45) is 7.49. The van der Waals surface area contributed by atoms with E-state index in [0.717, 1.165) is 18.4 Å². The second-order valence-corrected chi connectivity index (χ2v) is 9.52. The third-order valence-electron chi connectivity index (χ3n) is 8.41. The van der Waals surface area contributed by atoms with Crippen LogP contribution in [0.25, 0.3) is 0 Å². The van der Waals surface area contributed by atoms with Crippen molar-refractivity contribution in [3.8, 4) is 0 Å². The van der Waals surface area contributed by atoms with E-state index in [0.29, 0.717) is 6.42 Å². The molecule has 4 aliphatic rings. The molecule has 0 aromatic carbocycles. The van der Waals surface area contributed by atoms with Crippen molar-refractivity contribution in [3.63, 3.8) is 0 Å². The van der Waals surface area contributed by atoms with Crippen LogP contribution in [0.5, 0.6) is 0 Å². The van der Waals surface area contributed by atoms with Gasteiger partial charge in [0.15, 0.2) is 11.6 Å². The van der Waals surface area contributed by atoms with Gasteiger partial charge in [0.1, 0.15) is 18.0 Å². The molecule has 146 valence electrons. The minimum atomic E-state index is -1.66. The van der Waals surface area contributed by atoms with Crippen molar-refractivity contribution in [2.24, 2.45) is 34.5 Å². The number of rotatable bonds is 2.